The molecule has 0 nitrogen and oxygen atoms in total. The average Bonchev–Trinajstić information content (AvgIpc) is 0.727. The van der Waals surface area contributed by atoms with Gasteiger partial charge in [0.05, 0.1) is 0 Å². The fourth-order valence-electron chi connectivity index (χ4n) is 15.1. The van der Waals surface area contributed by atoms with Crippen LogP contribution in [0.25, 0.3) is 91.1 Å². The van der Waals surface area contributed by atoms with Gasteiger partial charge in [-0.3, -0.25) is 0 Å². The van der Waals surface area contributed by atoms with E-state index < -0.39 is 13.3 Å². The maximum atomic E-state index is 2.46. The van der Waals surface area contributed by atoms with Gasteiger partial charge in [-0.25, -0.2) is 0 Å². The summed E-state index contributed by atoms with van der Waals surface area (Å²) in [5.41, 5.74) is 33.2. The standard InChI is InChI=1S/C108H84Ge/c1-77-25-33-81(34-26-77)73-105(93-17-9-5-10-18-93)97-49-41-85(42-50-97)89-57-65-101(66-58-89)109(102-67-59-90(60-68-102)86-43-51-98(52-44-86)106(94-19-11-6-12-20-94)74-82-35-27-78(2)28-36-82,103-69-61-91(62-70-103)87-45-53-99(54-46-87)107(95-21-13-7-14-22-95)75-83-37-29-79(3)30-38-83)104-71-63-92(64-72-104)88-47-55-100(56-48-88)108(96-23-15-8-16-24-96)76-84-39-31-80(4)32-40-84/h5-76H,1-4H3. The summed E-state index contributed by atoms with van der Waals surface area (Å²) in [5, 5.41) is 0. The Hall–Kier alpha value is -13.0. The number of aryl methyl sites for hydroxylation is 4. The second kappa shape index (κ2) is 32.4. The van der Waals surface area contributed by atoms with Gasteiger partial charge in [-0.15, -0.1) is 0 Å². The van der Waals surface area contributed by atoms with Gasteiger partial charge in [0.25, 0.3) is 0 Å². The van der Waals surface area contributed by atoms with E-state index in [9.17, 15) is 0 Å². The third-order valence-electron chi connectivity index (χ3n) is 21.3. The number of hydrogen-bond acceptors (Lipinski definition) is 0. The number of rotatable bonds is 20. The van der Waals surface area contributed by atoms with E-state index >= 15 is 0 Å². The van der Waals surface area contributed by atoms with Gasteiger partial charge in [0.15, 0.2) is 0 Å². The minimum atomic E-state index is -4.08. The third kappa shape index (κ3) is 16.0. The smallest absolute Gasteiger partial charge is 0.0587 e. The molecule has 0 unspecified atom stereocenters. The first kappa shape index (κ1) is 70.3. The first-order valence-electron chi connectivity index (χ1n) is 37.8. The predicted octanol–water partition coefficient (Wildman–Crippen LogP) is 25.3. The van der Waals surface area contributed by atoms with Crippen molar-refractivity contribution in [3.05, 3.63) is 502 Å². The average molecular weight is 1450 g/mol. The molecule has 0 N–H and O–H groups in total. The molecule has 0 atom stereocenters. The molecule has 0 aromatic heterocycles. The zero-order chi connectivity index (χ0) is 73.9. The molecule has 0 spiro atoms. The molecule has 0 aliphatic rings. The molecule has 0 saturated carbocycles. The summed E-state index contributed by atoms with van der Waals surface area (Å²) in [6, 6.07) is 154. The van der Waals surface area contributed by atoms with Gasteiger partial charge in [-0.05, 0) is 27.7 Å². The van der Waals surface area contributed by atoms with Crippen LogP contribution in [0.3, 0.4) is 0 Å². The molecule has 0 aliphatic heterocycles. The monoisotopic (exact) mass is 1450 g/mol. The molecule has 0 bridgehead atoms. The summed E-state index contributed by atoms with van der Waals surface area (Å²) in [6.07, 6.45) is 9.25. The Balaban J connectivity index is 0.815. The van der Waals surface area contributed by atoms with E-state index in [1.54, 1.807) is 0 Å². The van der Waals surface area contributed by atoms with Crippen LogP contribution in [0.4, 0.5) is 0 Å². The molecule has 109 heavy (non-hydrogen) atoms. The molecule has 0 saturated heterocycles. The van der Waals surface area contributed by atoms with Crippen molar-refractivity contribution in [3.63, 3.8) is 0 Å². The van der Waals surface area contributed by atoms with Crippen LogP contribution in [0.15, 0.2) is 413 Å². The van der Waals surface area contributed by atoms with Crippen LogP contribution in [0.5, 0.6) is 0 Å². The van der Waals surface area contributed by atoms with Crippen molar-refractivity contribution < 1.29 is 0 Å². The Morgan fingerprint density at radius 2 is 0.303 bits per heavy atom. The van der Waals surface area contributed by atoms with Crippen LogP contribution in [0.2, 0.25) is 0 Å². The summed E-state index contributed by atoms with van der Waals surface area (Å²) < 4.78 is 5.37. The van der Waals surface area contributed by atoms with Crippen molar-refractivity contribution in [1.82, 2.24) is 0 Å². The van der Waals surface area contributed by atoms with Crippen LogP contribution in [-0.2, 0) is 0 Å². The molecule has 16 aromatic carbocycles. The van der Waals surface area contributed by atoms with Crippen molar-refractivity contribution in [2.75, 3.05) is 0 Å². The van der Waals surface area contributed by atoms with E-state index in [0.717, 1.165) is 0 Å². The van der Waals surface area contributed by atoms with E-state index in [4.69, 9.17) is 0 Å². The zero-order valence-corrected chi connectivity index (χ0v) is 64.2. The molecule has 0 heterocycles. The molecule has 520 valence electrons. The van der Waals surface area contributed by atoms with Crippen LogP contribution in [0, 0.1) is 27.7 Å². The molecule has 0 radical (unpaired) electrons. The first-order valence-corrected chi connectivity index (χ1v) is 42.0. The second-order valence-corrected chi connectivity index (χ2v) is 36.7. The van der Waals surface area contributed by atoms with Crippen LogP contribution >= 0.6 is 0 Å². The number of hydrogen-bond donors (Lipinski definition) is 0. The fraction of sp³-hybridized carbons (Fsp3) is 0.0370. The second-order valence-electron chi connectivity index (χ2n) is 28.7. The summed E-state index contributed by atoms with van der Waals surface area (Å²) in [6.45, 7) is 8.57. The van der Waals surface area contributed by atoms with Crippen molar-refractivity contribution in [1.29, 1.82) is 0 Å². The number of benzene rings is 16. The Morgan fingerprint density at radius 3 is 0.468 bits per heavy atom. The van der Waals surface area contributed by atoms with Crippen LogP contribution in [-0.4, -0.2) is 13.3 Å². The van der Waals surface area contributed by atoms with Crippen molar-refractivity contribution in [2.45, 2.75) is 27.7 Å². The van der Waals surface area contributed by atoms with Gasteiger partial charge < -0.3 is 0 Å². The minimum Gasteiger partial charge on any atom is -0.0587 e. The van der Waals surface area contributed by atoms with Gasteiger partial charge >= 0.3 is 528 Å². The van der Waals surface area contributed by atoms with E-state index in [1.807, 2.05) is 0 Å². The topological polar surface area (TPSA) is 0 Å². The Morgan fingerprint density at radius 1 is 0.156 bits per heavy atom. The van der Waals surface area contributed by atoms with Gasteiger partial charge in [0.2, 0.25) is 0 Å². The molecule has 1 heteroatoms. The fourth-order valence-corrected chi connectivity index (χ4v) is 24.9. The van der Waals surface area contributed by atoms with E-state index in [2.05, 4.69) is 465 Å². The van der Waals surface area contributed by atoms with Gasteiger partial charge in [-0.2, -0.15) is 0 Å². The van der Waals surface area contributed by atoms with Crippen molar-refractivity contribution in [3.8, 4) is 44.5 Å². The Kier molecular flexibility index (Phi) is 20.9. The summed E-state index contributed by atoms with van der Waals surface area (Å²) in [5.74, 6) is 0. The minimum absolute atomic E-state index is 1.17. The van der Waals surface area contributed by atoms with Crippen molar-refractivity contribution in [2.24, 2.45) is 0 Å². The predicted molar refractivity (Wildman–Crippen MR) is 470 cm³/mol. The van der Waals surface area contributed by atoms with Crippen LogP contribution < -0.4 is 17.6 Å². The third-order valence-corrected chi connectivity index (χ3v) is 31.3. The molecular formula is C108H84Ge. The van der Waals surface area contributed by atoms with E-state index in [-0.39, 0.29) is 0 Å². The quantitative estimate of drug-likeness (QED) is 0.0527. The molecule has 16 rings (SSSR count). The normalized spacial score (nSPS) is 12.5. The molecule has 16 aromatic rings. The summed E-state index contributed by atoms with van der Waals surface area (Å²) >= 11 is -4.08. The SMILES string of the molecule is Cc1ccc(C=C(c2ccccc2)c2ccc(-c3cc[c]([Ge]([c]4ccc(-c5ccc(C(=Cc6ccc(C)cc6)c6ccccc6)cc5)cc4)([c]4ccc(-c5ccc(C(=Cc6ccc(C)cc6)c6ccccc6)cc5)cc4)[c]4ccc(-c5ccc(C(=Cc6ccc(C)cc6)c6ccccc6)cc5)cc4)cc3)cc2)cc1. The van der Waals surface area contributed by atoms with Gasteiger partial charge in [-0.1, -0.05) is 95.1 Å². The molecular weight excluding hydrogens is 1370 g/mol. The Bertz CT molecular complexity index is 5110. The van der Waals surface area contributed by atoms with Gasteiger partial charge in [0, 0.05) is 0 Å². The van der Waals surface area contributed by atoms with E-state index in [0.29, 0.717) is 0 Å². The molecule has 0 amide bonds. The first-order chi connectivity index (χ1) is 53.6. The Labute approximate surface area is 646 Å². The zero-order valence-electron chi connectivity index (χ0n) is 62.1. The summed E-state index contributed by atoms with van der Waals surface area (Å²) in [4.78, 5) is 0. The molecule has 0 aliphatic carbocycles. The van der Waals surface area contributed by atoms with Gasteiger partial charge in [0.1, 0.15) is 0 Å². The van der Waals surface area contributed by atoms with Crippen molar-refractivity contribution >= 4 is 77.4 Å². The molecule has 0 fully saturated rings. The maximum absolute atomic E-state index is 4.08. The van der Waals surface area contributed by atoms with Crippen LogP contribution in [0.1, 0.15) is 89.0 Å². The van der Waals surface area contributed by atoms with E-state index in [1.165, 1.54) is 173 Å². The summed E-state index contributed by atoms with van der Waals surface area (Å²) in [7, 11) is 0.